The van der Waals surface area contributed by atoms with E-state index >= 15 is 0 Å². The maximum atomic E-state index is 12.2. The van der Waals surface area contributed by atoms with Gasteiger partial charge in [0.2, 0.25) is 0 Å². The maximum absolute atomic E-state index is 12.2. The molecule has 4 bridgehead atoms. The zero-order valence-electron chi connectivity index (χ0n) is 14.8. The number of benzene rings is 2. The maximum Gasteiger partial charge on any atom is 0.338 e. The van der Waals surface area contributed by atoms with E-state index in [1.54, 1.807) is 0 Å². The summed E-state index contributed by atoms with van der Waals surface area (Å²) in [6, 6.07) is 13.2. The van der Waals surface area contributed by atoms with Crippen LogP contribution in [0.3, 0.4) is 0 Å². The number of ether oxygens (including phenoxy) is 1. The van der Waals surface area contributed by atoms with Crippen molar-refractivity contribution in [2.75, 3.05) is 7.11 Å². The molecule has 0 fully saturated rings. The van der Waals surface area contributed by atoms with E-state index in [9.17, 15) is 4.79 Å². The van der Waals surface area contributed by atoms with Crippen molar-refractivity contribution < 1.29 is 9.53 Å². The predicted octanol–water partition coefficient (Wildman–Crippen LogP) is 5.68. The first-order chi connectivity index (χ1) is 12.2. The Morgan fingerprint density at radius 3 is 2.04 bits per heavy atom. The van der Waals surface area contributed by atoms with Gasteiger partial charge in [0.1, 0.15) is 0 Å². The summed E-state index contributed by atoms with van der Waals surface area (Å²) in [5.74, 6) is -0.212. The summed E-state index contributed by atoms with van der Waals surface area (Å²) in [4.78, 5) is 12.2. The molecule has 0 atom stereocenters. The van der Waals surface area contributed by atoms with Gasteiger partial charge in [-0.1, -0.05) is 40.2 Å². The van der Waals surface area contributed by atoms with Crippen molar-refractivity contribution in [1.29, 1.82) is 0 Å². The van der Waals surface area contributed by atoms with Crippen LogP contribution in [-0.2, 0) is 30.4 Å². The van der Waals surface area contributed by atoms with Gasteiger partial charge in [-0.25, -0.2) is 4.79 Å². The molecule has 0 saturated heterocycles. The van der Waals surface area contributed by atoms with Gasteiger partial charge in [0.05, 0.1) is 12.7 Å². The highest BCUT2D eigenvalue weighted by atomic mass is 79.9. The predicted molar refractivity (Wildman–Crippen MR) is 105 cm³/mol. The van der Waals surface area contributed by atoms with Crippen LogP contribution in [0.2, 0.25) is 0 Å². The van der Waals surface area contributed by atoms with Gasteiger partial charge in [-0.2, -0.15) is 0 Å². The van der Waals surface area contributed by atoms with Crippen molar-refractivity contribution in [2.24, 2.45) is 0 Å². The molecule has 0 saturated carbocycles. The Kier molecular flexibility index (Phi) is 6.30. The van der Waals surface area contributed by atoms with Crippen LogP contribution in [0.1, 0.15) is 58.3 Å². The Morgan fingerprint density at radius 1 is 0.840 bits per heavy atom. The van der Waals surface area contributed by atoms with Crippen LogP contribution in [0.5, 0.6) is 0 Å². The third kappa shape index (κ3) is 4.72. The van der Waals surface area contributed by atoms with E-state index in [1.165, 1.54) is 28.3 Å². The summed E-state index contributed by atoms with van der Waals surface area (Å²) < 4.78 is 6.23. The van der Waals surface area contributed by atoms with Gasteiger partial charge in [-0.15, -0.1) is 0 Å². The minimum Gasteiger partial charge on any atom is -0.465 e. The molecule has 6 rings (SSSR count). The first-order valence-electron chi connectivity index (χ1n) is 9.15. The molecular weight excluding hydrogens is 376 g/mol. The summed E-state index contributed by atoms with van der Waals surface area (Å²) in [6.45, 7) is 0. The van der Waals surface area contributed by atoms with Gasteiger partial charge in [-0.3, -0.25) is 0 Å². The van der Waals surface area contributed by atoms with Crippen LogP contribution >= 0.6 is 15.9 Å². The van der Waals surface area contributed by atoms with E-state index in [-0.39, 0.29) is 5.97 Å². The van der Waals surface area contributed by atoms with Gasteiger partial charge < -0.3 is 4.74 Å². The van der Waals surface area contributed by atoms with Crippen LogP contribution < -0.4 is 0 Å². The van der Waals surface area contributed by atoms with Crippen LogP contribution in [0.4, 0.5) is 0 Å². The fourth-order valence-electron chi connectivity index (χ4n) is 3.54. The quantitative estimate of drug-likeness (QED) is 0.575. The summed E-state index contributed by atoms with van der Waals surface area (Å²) in [5, 5.41) is 0. The smallest absolute Gasteiger partial charge is 0.338 e. The van der Waals surface area contributed by atoms with Crippen molar-refractivity contribution in [1.82, 2.24) is 0 Å². The highest BCUT2D eigenvalue weighted by molar-refractivity contribution is 9.10. The van der Waals surface area contributed by atoms with Crippen LogP contribution in [0, 0.1) is 0 Å². The Bertz CT molecular complexity index is 752. The molecule has 0 unspecified atom stereocenters. The fourth-order valence-corrected chi connectivity index (χ4v) is 4.16. The highest BCUT2D eigenvalue weighted by Gasteiger charge is 2.13. The number of methoxy groups -OCH3 is 1. The monoisotopic (exact) mass is 400 g/mol. The molecule has 0 radical (unpaired) electrons. The lowest BCUT2D eigenvalue weighted by Gasteiger charge is -2.12. The zero-order chi connectivity index (χ0) is 17.6. The summed E-state index contributed by atoms with van der Waals surface area (Å²) >= 11 is 3.73. The van der Waals surface area contributed by atoms with Crippen molar-refractivity contribution in [2.45, 2.75) is 51.4 Å². The largest absolute Gasteiger partial charge is 0.465 e. The van der Waals surface area contributed by atoms with Crippen molar-refractivity contribution >= 4 is 21.9 Å². The van der Waals surface area contributed by atoms with Gasteiger partial charge in [0.25, 0.3) is 0 Å². The number of hydrogen-bond acceptors (Lipinski definition) is 2. The molecule has 0 N–H and O–H groups in total. The molecule has 0 aliphatic heterocycles. The molecule has 2 aromatic carbocycles. The fraction of sp³-hybridized carbons (Fsp3) is 0.409. The molecule has 3 heteroatoms. The lowest BCUT2D eigenvalue weighted by molar-refractivity contribution is 0.0599. The van der Waals surface area contributed by atoms with Gasteiger partial charge in [0.15, 0.2) is 0 Å². The number of halogens is 1. The number of carbonyl (C=O) groups excluding carboxylic acids is 1. The Labute approximate surface area is 158 Å². The number of rotatable bonds is 1. The molecule has 2 nitrogen and oxygen atoms in total. The number of hydrogen-bond donors (Lipinski definition) is 0. The Balaban J connectivity index is 1.83. The van der Waals surface area contributed by atoms with Gasteiger partial charge >= 0.3 is 5.97 Å². The molecule has 0 heterocycles. The number of esters is 1. The zero-order valence-corrected chi connectivity index (χ0v) is 16.4. The molecule has 2 aromatic rings. The van der Waals surface area contributed by atoms with E-state index < -0.39 is 0 Å². The van der Waals surface area contributed by atoms with Crippen LogP contribution in [-0.4, -0.2) is 13.1 Å². The topological polar surface area (TPSA) is 26.3 Å². The molecule has 25 heavy (non-hydrogen) atoms. The van der Waals surface area contributed by atoms with E-state index in [1.807, 2.05) is 6.07 Å². The van der Waals surface area contributed by atoms with Gasteiger partial charge in [0, 0.05) is 4.47 Å². The Hall–Kier alpha value is -1.61. The third-order valence-corrected chi connectivity index (χ3v) is 5.76. The SMILES string of the molecule is COC(=O)c1cc2ccc1CCCCc1ccc(cc1Br)CCCC2. The standard InChI is InChI=1S/C22H25BrO2/c1-25-22(24)20-14-16-6-2-3-7-17-11-13-19(21(23)15-17)9-5-4-8-18(20)12-10-16/h10-15H,2-9H2,1H3. The molecule has 0 amide bonds. The second-order valence-electron chi connectivity index (χ2n) is 6.82. The van der Waals surface area contributed by atoms with E-state index in [0.29, 0.717) is 0 Å². The van der Waals surface area contributed by atoms with E-state index in [2.05, 4.69) is 46.3 Å². The van der Waals surface area contributed by atoms with Crippen LogP contribution in [0.15, 0.2) is 40.9 Å². The Morgan fingerprint density at radius 2 is 1.40 bits per heavy atom. The minimum absolute atomic E-state index is 0.212. The number of carbonyl (C=O) groups is 1. The molecule has 0 spiro atoms. The molecular formula is C22H25BrO2. The van der Waals surface area contributed by atoms with E-state index in [4.69, 9.17) is 4.74 Å². The van der Waals surface area contributed by atoms with Crippen molar-refractivity contribution in [3.8, 4) is 0 Å². The van der Waals surface area contributed by atoms with Crippen molar-refractivity contribution in [3.63, 3.8) is 0 Å². The van der Waals surface area contributed by atoms with E-state index in [0.717, 1.165) is 62.5 Å². The lowest BCUT2D eigenvalue weighted by atomic mass is 9.95. The van der Waals surface area contributed by atoms with Crippen molar-refractivity contribution in [3.05, 3.63) is 68.7 Å². The average molecular weight is 401 g/mol. The minimum atomic E-state index is -0.212. The number of aryl methyl sites for hydroxylation is 4. The van der Waals surface area contributed by atoms with Gasteiger partial charge in [-0.05, 0) is 85.8 Å². The lowest BCUT2D eigenvalue weighted by Crippen LogP contribution is -2.07. The first kappa shape index (κ1) is 18.2. The summed E-state index contributed by atoms with van der Waals surface area (Å²) in [5.41, 5.74) is 5.86. The second-order valence-corrected chi connectivity index (χ2v) is 7.68. The molecule has 4 aliphatic rings. The first-order valence-corrected chi connectivity index (χ1v) is 9.94. The highest BCUT2D eigenvalue weighted by Crippen LogP contribution is 2.24. The molecule has 132 valence electrons. The normalized spacial score (nSPS) is 15.3. The van der Waals surface area contributed by atoms with Crippen LogP contribution in [0.25, 0.3) is 0 Å². The molecule has 4 aliphatic carbocycles. The summed E-state index contributed by atoms with van der Waals surface area (Å²) in [7, 11) is 1.46. The molecule has 0 aromatic heterocycles. The third-order valence-electron chi connectivity index (χ3n) is 5.02. The average Bonchev–Trinajstić information content (AvgIpc) is 2.62. The summed E-state index contributed by atoms with van der Waals surface area (Å²) in [6.07, 6.45) is 8.54. The second kappa shape index (κ2) is 8.66.